The third-order valence-corrected chi connectivity index (χ3v) is 7.75. The third kappa shape index (κ3) is 7.35. The molecule has 9 heteroatoms. The highest BCUT2D eigenvalue weighted by molar-refractivity contribution is 7.92. The van der Waals surface area contributed by atoms with E-state index in [2.05, 4.69) is 5.32 Å². The standard InChI is InChI=1S/C29H35N3O5S/c1-4-20-30-29(34)23(3)31(21-24-12-8-6-9-13-24)28(33)22-32(25-16-18-26(19-17-25)37-5-2)38(35,36)27-14-10-7-11-15-27/h6-19,23H,4-5,20-22H2,1-3H3,(H,30,34). The van der Waals surface area contributed by atoms with Gasteiger partial charge in [0.1, 0.15) is 18.3 Å². The molecule has 38 heavy (non-hydrogen) atoms. The van der Waals surface area contributed by atoms with E-state index in [9.17, 15) is 18.0 Å². The van der Waals surface area contributed by atoms with Crippen molar-refractivity contribution in [2.24, 2.45) is 0 Å². The average molecular weight is 538 g/mol. The predicted molar refractivity (Wildman–Crippen MR) is 148 cm³/mol. The number of carbonyl (C=O) groups excluding carboxylic acids is 2. The van der Waals surface area contributed by atoms with Crippen molar-refractivity contribution in [1.82, 2.24) is 10.2 Å². The molecule has 3 aromatic carbocycles. The van der Waals surface area contributed by atoms with E-state index in [4.69, 9.17) is 4.74 Å². The van der Waals surface area contributed by atoms with Gasteiger partial charge in [-0.25, -0.2) is 8.42 Å². The van der Waals surface area contributed by atoms with E-state index < -0.39 is 28.5 Å². The summed E-state index contributed by atoms with van der Waals surface area (Å²) in [5.74, 6) is -0.206. The van der Waals surface area contributed by atoms with Gasteiger partial charge in [-0.05, 0) is 62.2 Å². The molecule has 0 aliphatic heterocycles. The van der Waals surface area contributed by atoms with Crippen LogP contribution in [0.3, 0.4) is 0 Å². The number of sulfonamides is 1. The van der Waals surface area contributed by atoms with Gasteiger partial charge in [0, 0.05) is 13.1 Å². The molecule has 0 fully saturated rings. The summed E-state index contributed by atoms with van der Waals surface area (Å²) in [4.78, 5) is 28.2. The van der Waals surface area contributed by atoms with Gasteiger partial charge in [0.25, 0.3) is 10.0 Å². The Morgan fingerprint density at radius 3 is 2.08 bits per heavy atom. The Balaban J connectivity index is 1.99. The maximum Gasteiger partial charge on any atom is 0.264 e. The summed E-state index contributed by atoms with van der Waals surface area (Å²) in [6, 6.07) is 23.0. The third-order valence-electron chi connectivity index (χ3n) is 5.96. The highest BCUT2D eigenvalue weighted by Gasteiger charge is 2.32. The minimum absolute atomic E-state index is 0.0602. The highest BCUT2D eigenvalue weighted by atomic mass is 32.2. The molecule has 0 saturated carbocycles. The van der Waals surface area contributed by atoms with Crippen LogP contribution in [0.2, 0.25) is 0 Å². The molecular formula is C29H35N3O5S. The average Bonchev–Trinajstić information content (AvgIpc) is 2.94. The molecule has 1 unspecified atom stereocenters. The first-order valence-electron chi connectivity index (χ1n) is 12.7. The number of anilines is 1. The van der Waals surface area contributed by atoms with E-state index >= 15 is 0 Å². The van der Waals surface area contributed by atoms with Gasteiger partial charge in [-0.3, -0.25) is 13.9 Å². The first-order chi connectivity index (χ1) is 18.3. The number of carbonyl (C=O) groups is 2. The summed E-state index contributed by atoms with van der Waals surface area (Å²) in [7, 11) is -4.10. The van der Waals surface area contributed by atoms with E-state index in [0.29, 0.717) is 24.6 Å². The Labute approximate surface area is 225 Å². The Morgan fingerprint density at radius 2 is 1.50 bits per heavy atom. The topological polar surface area (TPSA) is 96.0 Å². The number of amides is 2. The maximum absolute atomic E-state index is 13.8. The molecule has 1 atom stereocenters. The summed E-state index contributed by atoms with van der Waals surface area (Å²) in [6.07, 6.45) is 0.756. The van der Waals surface area contributed by atoms with Gasteiger partial charge in [0.2, 0.25) is 11.8 Å². The lowest BCUT2D eigenvalue weighted by Gasteiger charge is -2.32. The van der Waals surface area contributed by atoms with Crippen LogP contribution in [0.4, 0.5) is 5.69 Å². The summed E-state index contributed by atoms with van der Waals surface area (Å²) in [5, 5.41) is 2.83. The zero-order valence-corrected chi connectivity index (χ0v) is 22.9. The lowest BCUT2D eigenvalue weighted by molar-refractivity contribution is -0.139. The molecule has 0 aromatic heterocycles. The van der Waals surface area contributed by atoms with Gasteiger partial charge in [0.05, 0.1) is 17.2 Å². The molecule has 0 aliphatic rings. The van der Waals surface area contributed by atoms with Crippen molar-refractivity contribution < 1.29 is 22.7 Å². The predicted octanol–water partition coefficient (Wildman–Crippen LogP) is 4.22. The van der Waals surface area contributed by atoms with Crippen LogP contribution < -0.4 is 14.4 Å². The van der Waals surface area contributed by atoms with Crippen LogP contribution in [0, 0.1) is 0 Å². The number of nitrogens with zero attached hydrogens (tertiary/aromatic N) is 2. The van der Waals surface area contributed by atoms with Crippen molar-refractivity contribution in [3.63, 3.8) is 0 Å². The van der Waals surface area contributed by atoms with Gasteiger partial charge in [-0.15, -0.1) is 0 Å². The second kappa shape index (κ2) is 13.6. The summed E-state index contributed by atoms with van der Waals surface area (Å²) in [5.41, 5.74) is 1.14. The van der Waals surface area contributed by atoms with Crippen molar-refractivity contribution in [2.45, 2.75) is 44.7 Å². The van der Waals surface area contributed by atoms with Crippen LogP contribution in [0.15, 0.2) is 89.8 Å². The smallest absolute Gasteiger partial charge is 0.264 e. The second-order valence-corrected chi connectivity index (χ2v) is 10.6. The number of nitrogens with one attached hydrogen (secondary N) is 1. The SMILES string of the molecule is CCCNC(=O)C(C)N(Cc1ccccc1)C(=O)CN(c1ccc(OCC)cc1)S(=O)(=O)c1ccccc1. The van der Waals surface area contributed by atoms with Gasteiger partial charge in [-0.1, -0.05) is 55.5 Å². The van der Waals surface area contributed by atoms with Gasteiger partial charge < -0.3 is 15.0 Å². The van der Waals surface area contributed by atoms with E-state index in [1.54, 1.807) is 49.4 Å². The van der Waals surface area contributed by atoms with Crippen molar-refractivity contribution in [2.75, 3.05) is 24.0 Å². The van der Waals surface area contributed by atoms with E-state index in [1.165, 1.54) is 17.0 Å². The largest absolute Gasteiger partial charge is 0.494 e. The molecular weight excluding hydrogens is 502 g/mol. The van der Waals surface area contributed by atoms with Gasteiger partial charge >= 0.3 is 0 Å². The molecule has 202 valence electrons. The fourth-order valence-electron chi connectivity index (χ4n) is 3.88. The second-order valence-electron chi connectivity index (χ2n) is 8.73. The summed E-state index contributed by atoms with van der Waals surface area (Å²) < 4.78 is 34.1. The normalized spacial score (nSPS) is 11.9. The summed E-state index contributed by atoms with van der Waals surface area (Å²) in [6.45, 7) is 6.08. The maximum atomic E-state index is 13.8. The van der Waals surface area contributed by atoms with Crippen molar-refractivity contribution in [3.05, 3.63) is 90.5 Å². The fourth-order valence-corrected chi connectivity index (χ4v) is 5.32. The van der Waals surface area contributed by atoms with Crippen molar-refractivity contribution >= 4 is 27.5 Å². The van der Waals surface area contributed by atoms with Gasteiger partial charge in [0.15, 0.2) is 0 Å². The van der Waals surface area contributed by atoms with E-state index in [0.717, 1.165) is 16.3 Å². The van der Waals surface area contributed by atoms with Crippen LogP contribution >= 0.6 is 0 Å². The van der Waals surface area contributed by atoms with E-state index in [-0.39, 0.29) is 17.3 Å². The van der Waals surface area contributed by atoms with Crippen molar-refractivity contribution in [1.29, 1.82) is 0 Å². The highest BCUT2D eigenvalue weighted by Crippen LogP contribution is 2.26. The Morgan fingerprint density at radius 1 is 0.895 bits per heavy atom. The molecule has 1 N–H and O–H groups in total. The molecule has 0 aliphatic carbocycles. The Bertz CT molecular complexity index is 1280. The van der Waals surface area contributed by atoms with Crippen LogP contribution in [-0.4, -0.2) is 50.9 Å². The monoisotopic (exact) mass is 537 g/mol. The number of ether oxygens (including phenoxy) is 1. The quantitative estimate of drug-likeness (QED) is 0.352. The Hall–Kier alpha value is -3.85. The molecule has 0 heterocycles. The Kier molecular flexibility index (Phi) is 10.3. The zero-order valence-electron chi connectivity index (χ0n) is 22.0. The molecule has 0 radical (unpaired) electrons. The molecule has 8 nitrogen and oxygen atoms in total. The summed E-state index contributed by atoms with van der Waals surface area (Å²) >= 11 is 0. The van der Waals surface area contributed by atoms with Gasteiger partial charge in [-0.2, -0.15) is 0 Å². The molecule has 2 amide bonds. The zero-order chi connectivity index (χ0) is 27.5. The molecule has 3 aromatic rings. The molecule has 0 saturated heterocycles. The molecule has 0 bridgehead atoms. The lowest BCUT2D eigenvalue weighted by Crippen LogP contribution is -2.51. The minimum Gasteiger partial charge on any atom is -0.494 e. The lowest BCUT2D eigenvalue weighted by atomic mass is 10.1. The van der Waals surface area contributed by atoms with Crippen LogP contribution in [-0.2, 0) is 26.2 Å². The first-order valence-corrected chi connectivity index (χ1v) is 14.1. The molecule has 0 spiro atoms. The number of rotatable bonds is 13. The fraction of sp³-hybridized carbons (Fsp3) is 0.310. The number of hydrogen-bond acceptors (Lipinski definition) is 5. The van der Waals surface area contributed by atoms with Crippen molar-refractivity contribution in [3.8, 4) is 5.75 Å². The van der Waals surface area contributed by atoms with Crippen LogP contribution in [0.25, 0.3) is 0 Å². The van der Waals surface area contributed by atoms with Crippen LogP contribution in [0.5, 0.6) is 5.75 Å². The molecule has 3 rings (SSSR count). The van der Waals surface area contributed by atoms with E-state index in [1.807, 2.05) is 44.2 Å². The van der Waals surface area contributed by atoms with Crippen LogP contribution in [0.1, 0.15) is 32.8 Å². The number of hydrogen-bond donors (Lipinski definition) is 1. The first kappa shape index (κ1) is 28.7. The number of benzene rings is 3. The minimum atomic E-state index is -4.10.